The van der Waals surface area contributed by atoms with E-state index in [0.29, 0.717) is 12.0 Å². The Hall–Kier alpha value is -1.03. The van der Waals surface area contributed by atoms with E-state index in [1.165, 1.54) is 19.3 Å². The summed E-state index contributed by atoms with van der Waals surface area (Å²) in [5, 5.41) is 0. The maximum absolute atomic E-state index is 6.25. The van der Waals surface area contributed by atoms with Crippen LogP contribution in [0.5, 0.6) is 0 Å². The highest BCUT2D eigenvalue weighted by Crippen LogP contribution is 2.37. The summed E-state index contributed by atoms with van der Waals surface area (Å²) in [7, 11) is 2.08. The molecule has 2 N–H and O–H groups in total. The van der Waals surface area contributed by atoms with Crippen LogP contribution < -0.4 is 10.6 Å². The lowest BCUT2D eigenvalue weighted by atomic mass is 9.78. The molecule has 0 radical (unpaired) electrons. The van der Waals surface area contributed by atoms with Gasteiger partial charge in [0.15, 0.2) is 0 Å². The Morgan fingerprint density at radius 2 is 2.18 bits per heavy atom. The van der Waals surface area contributed by atoms with Gasteiger partial charge in [0.25, 0.3) is 0 Å². The smallest absolute Gasteiger partial charge is 0.205 e. The van der Waals surface area contributed by atoms with Gasteiger partial charge >= 0.3 is 0 Å². The number of anilines is 1. The summed E-state index contributed by atoms with van der Waals surface area (Å²) in [6, 6.07) is 0.403. The highest BCUT2D eigenvalue weighted by molar-refractivity contribution is 5.35. The maximum atomic E-state index is 6.25. The fraction of sp³-hybridized carbons (Fsp3) is 0.769. The van der Waals surface area contributed by atoms with Crippen LogP contribution in [0.3, 0.4) is 0 Å². The first kappa shape index (κ1) is 11.1. The number of hydrogen-bond acceptors (Lipinski definition) is 3. The van der Waals surface area contributed by atoms with Gasteiger partial charge in [0, 0.05) is 32.4 Å². The highest BCUT2D eigenvalue weighted by atomic mass is 15.3. The Balaban J connectivity index is 1.81. The first-order chi connectivity index (χ1) is 8.15. The Bertz CT molecular complexity index is 412. The van der Waals surface area contributed by atoms with Gasteiger partial charge in [-0.15, -0.1) is 0 Å². The Labute approximate surface area is 103 Å². The normalized spacial score (nSPS) is 32.9. The van der Waals surface area contributed by atoms with Crippen LogP contribution in [-0.2, 0) is 7.05 Å². The van der Waals surface area contributed by atoms with Crippen LogP contribution in [0.1, 0.15) is 25.0 Å². The SMILES string of the molecule is Cc1cn(C)c(N2CC3CCCC(N)C3C2)n1. The molecule has 0 amide bonds. The summed E-state index contributed by atoms with van der Waals surface area (Å²) in [5.41, 5.74) is 7.35. The molecule has 1 aliphatic heterocycles. The van der Waals surface area contributed by atoms with Gasteiger partial charge in [-0.05, 0) is 31.6 Å². The number of nitrogens with two attached hydrogens (primary N) is 1. The minimum absolute atomic E-state index is 0.403. The second-order valence-corrected chi connectivity index (χ2v) is 5.72. The molecule has 1 saturated carbocycles. The summed E-state index contributed by atoms with van der Waals surface area (Å²) < 4.78 is 2.14. The third kappa shape index (κ3) is 1.84. The van der Waals surface area contributed by atoms with Crippen molar-refractivity contribution < 1.29 is 0 Å². The molecule has 1 aromatic heterocycles. The molecule has 2 aliphatic rings. The number of aromatic nitrogens is 2. The van der Waals surface area contributed by atoms with Gasteiger partial charge in [0.1, 0.15) is 0 Å². The summed E-state index contributed by atoms with van der Waals surface area (Å²) in [6.45, 7) is 4.29. The number of fused-ring (bicyclic) bond motifs is 1. The Morgan fingerprint density at radius 3 is 2.82 bits per heavy atom. The molecule has 0 spiro atoms. The summed E-state index contributed by atoms with van der Waals surface area (Å²) in [5.74, 6) is 2.58. The molecule has 4 heteroatoms. The molecule has 3 unspecified atom stereocenters. The molecule has 3 rings (SSSR count). The standard InChI is InChI=1S/C13H22N4/c1-9-6-16(2)13(15-9)17-7-10-4-3-5-12(14)11(10)8-17/h6,10-12H,3-5,7-8,14H2,1-2H3. The van der Waals surface area contributed by atoms with Crippen LogP contribution in [0.25, 0.3) is 0 Å². The maximum Gasteiger partial charge on any atom is 0.205 e. The third-order valence-electron chi connectivity index (χ3n) is 4.41. The van der Waals surface area contributed by atoms with Crippen LogP contribution in [0.2, 0.25) is 0 Å². The molecule has 1 saturated heterocycles. The molecule has 1 aliphatic carbocycles. The van der Waals surface area contributed by atoms with E-state index >= 15 is 0 Å². The second-order valence-electron chi connectivity index (χ2n) is 5.72. The van der Waals surface area contributed by atoms with Crippen molar-refractivity contribution in [3.05, 3.63) is 11.9 Å². The molecule has 0 bridgehead atoms. The highest BCUT2D eigenvalue weighted by Gasteiger charge is 2.39. The molecular weight excluding hydrogens is 212 g/mol. The van der Waals surface area contributed by atoms with E-state index in [1.54, 1.807) is 0 Å². The molecule has 17 heavy (non-hydrogen) atoms. The van der Waals surface area contributed by atoms with Gasteiger partial charge in [-0.1, -0.05) is 6.42 Å². The van der Waals surface area contributed by atoms with E-state index in [1.807, 2.05) is 0 Å². The van der Waals surface area contributed by atoms with Gasteiger partial charge in [-0.25, -0.2) is 4.98 Å². The van der Waals surface area contributed by atoms with Crippen molar-refractivity contribution in [3.63, 3.8) is 0 Å². The molecule has 2 fully saturated rings. The van der Waals surface area contributed by atoms with Gasteiger partial charge < -0.3 is 15.2 Å². The van der Waals surface area contributed by atoms with Crippen molar-refractivity contribution in [3.8, 4) is 0 Å². The van der Waals surface area contributed by atoms with Crippen LogP contribution in [0.4, 0.5) is 5.95 Å². The predicted octanol–water partition coefficient (Wildman–Crippen LogP) is 1.29. The number of hydrogen-bond donors (Lipinski definition) is 1. The van der Waals surface area contributed by atoms with Crippen LogP contribution in [0, 0.1) is 18.8 Å². The van der Waals surface area contributed by atoms with Crippen molar-refractivity contribution in [2.24, 2.45) is 24.6 Å². The van der Waals surface area contributed by atoms with Crippen molar-refractivity contribution >= 4 is 5.95 Å². The van der Waals surface area contributed by atoms with Gasteiger partial charge in [-0.2, -0.15) is 0 Å². The van der Waals surface area contributed by atoms with Crippen LogP contribution >= 0.6 is 0 Å². The van der Waals surface area contributed by atoms with E-state index in [-0.39, 0.29) is 0 Å². The molecule has 1 aromatic rings. The number of nitrogens with zero attached hydrogens (tertiary/aromatic N) is 3. The average molecular weight is 234 g/mol. The molecular formula is C13H22N4. The minimum atomic E-state index is 0.403. The fourth-order valence-corrected chi connectivity index (χ4v) is 3.58. The molecule has 3 atom stereocenters. The summed E-state index contributed by atoms with van der Waals surface area (Å²) in [6.07, 6.45) is 5.94. The van der Waals surface area contributed by atoms with E-state index in [2.05, 4.69) is 34.6 Å². The first-order valence-electron chi connectivity index (χ1n) is 6.65. The van der Waals surface area contributed by atoms with Crippen molar-refractivity contribution in [1.82, 2.24) is 9.55 Å². The van der Waals surface area contributed by atoms with E-state index in [9.17, 15) is 0 Å². The molecule has 94 valence electrons. The number of aryl methyl sites for hydroxylation is 2. The predicted molar refractivity (Wildman–Crippen MR) is 69.0 cm³/mol. The number of imidazole rings is 1. The second kappa shape index (κ2) is 4.02. The lowest BCUT2D eigenvalue weighted by Crippen LogP contribution is -2.38. The zero-order valence-electron chi connectivity index (χ0n) is 10.8. The fourth-order valence-electron chi connectivity index (χ4n) is 3.58. The quantitative estimate of drug-likeness (QED) is 0.796. The lowest BCUT2D eigenvalue weighted by molar-refractivity contribution is 0.260. The Kier molecular flexibility index (Phi) is 2.62. The van der Waals surface area contributed by atoms with Crippen LogP contribution in [0.15, 0.2) is 6.20 Å². The third-order valence-corrected chi connectivity index (χ3v) is 4.41. The molecule has 4 nitrogen and oxygen atoms in total. The Morgan fingerprint density at radius 1 is 1.35 bits per heavy atom. The average Bonchev–Trinajstić information content (AvgIpc) is 2.82. The zero-order chi connectivity index (χ0) is 12.0. The molecule has 0 aromatic carbocycles. The zero-order valence-corrected chi connectivity index (χ0v) is 10.8. The summed E-state index contributed by atoms with van der Waals surface area (Å²) in [4.78, 5) is 7.05. The topological polar surface area (TPSA) is 47.1 Å². The van der Waals surface area contributed by atoms with Gasteiger partial charge in [0.2, 0.25) is 5.95 Å². The molecule has 2 heterocycles. The number of rotatable bonds is 1. The lowest BCUT2D eigenvalue weighted by Gasteiger charge is -2.29. The van der Waals surface area contributed by atoms with E-state index < -0.39 is 0 Å². The van der Waals surface area contributed by atoms with Crippen molar-refractivity contribution in [1.29, 1.82) is 0 Å². The van der Waals surface area contributed by atoms with Crippen molar-refractivity contribution in [2.75, 3.05) is 18.0 Å². The van der Waals surface area contributed by atoms with Crippen LogP contribution in [-0.4, -0.2) is 28.7 Å². The van der Waals surface area contributed by atoms with Crippen molar-refractivity contribution in [2.45, 2.75) is 32.2 Å². The monoisotopic (exact) mass is 234 g/mol. The van der Waals surface area contributed by atoms with E-state index in [4.69, 9.17) is 5.73 Å². The van der Waals surface area contributed by atoms with Gasteiger partial charge in [0.05, 0.1) is 5.69 Å². The largest absolute Gasteiger partial charge is 0.342 e. The van der Waals surface area contributed by atoms with Gasteiger partial charge in [-0.3, -0.25) is 0 Å². The summed E-state index contributed by atoms with van der Waals surface area (Å²) >= 11 is 0. The minimum Gasteiger partial charge on any atom is -0.342 e. The first-order valence-corrected chi connectivity index (χ1v) is 6.65. The van der Waals surface area contributed by atoms with E-state index in [0.717, 1.165) is 30.6 Å².